The Labute approximate surface area is 246 Å². The van der Waals surface area contributed by atoms with Crippen molar-refractivity contribution in [2.75, 3.05) is 12.0 Å². The lowest BCUT2D eigenvalue weighted by Gasteiger charge is -2.36. The summed E-state index contributed by atoms with van der Waals surface area (Å²) in [7, 11) is 1.59. The third-order valence-corrected chi connectivity index (χ3v) is 8.24. The van der Waals surface area contributed by atoms with Gasteiger partial charge in [0.2, 0.25) is 0 Å². The minimum Gasteiger partial charge on any atom is -0.497 e. The van der Waals surface area contributed by atoms with Crippen LogP contribution in [0.25, 0.3) is 10.9 Å². The number of urea groups is 1. The molecule has 0 radical (unpaired) electrons. The molecule has 0 aliphatic carbocycles. The predicted molar refractivity (Wildman–Crippen MR) is 159 cm³/mol. The van der Waals surface area contributed by atoms with Crippen LogP contribution < -0.4 is 15.0 Å². The Morgan fingerprint density at radius 1 is 0.953 bits per heavy atom. The van der Waals surface area contributed by atoms with Gasteiger partial charge < -0.3 is 15.0 Å². The summed E-state index contributed by atoms with van der Waals surface area (Å²) in [6, 6.07) is 26.0. The number of para-hydroxylation sites is 2. The highest BCUT2D eigenvalue weighted by molar-refractivity contribution is 6.24. The van der Waals surface area contributed by atoms with Crippen LogP contribution in [0.4, 0.5) is 14.9 Å². The number of halogens is 1. The summed E-state index contributed by atoms with van der Waals surface area (Å²) >= 11 is 0. The standard InChI is InChI=1S/C34H27FN4O4/c1-43-23-16-12-21(13-17-23)31-30-26(24-6-2-4-8-27(24)37-30)18-29-33(41)39(34(42)38(29)31)28-9-5-3-7-25(28)32(40)36-19-20-10-14-22(35)15-11-20/h2-17,29,31,37H,18-19H2,1H3,(H,36,40)/t29-,31+/m0/s1. The van der Waals surface area contributed by atoms with Crippen LogP contribution in [0.3, 0.4) is 0 Å². The van der Waals surface area contributed by atoms with Gasteiger partial charge in [-0.05, 0) is 59.2 Å². The van der Waals surface area contributed by atoms with Crippen LogP contribution in [0.15, 0.2) is 97.1 Å². The third kappa shape index (κ3) is 4.41. The Bertz CT molecular complexity index is 1880. The van der Waals surface area contributed by atoms with E-state index >= 15 is 0 Å². The molecule has 0 saturated carbocycles. The molecule has 1 saturated heterocycles. The van der Waals surface area contributed by atoms with Crippen molar-refractivity contribution >= 4 is 34.4 Å². The quantitative estimate of drug-likeness (QED) is 0.253. The van der Waals surface area contributed by atoms with Gasteiger partial charge in [0.1, 0.15) is 23.7 Å². The van der Waals surface area contributed by atoms with Gasteiger partial charge in [-0.2, -0.15) is 0 Å². The van der Waals surface area contributed by atoms with Crippen LogP contribution in [0.2, 0.25) is 0 Å². The summed E-state index contributed by atoms with van der Waals surface area (Å²) in [5.41, 5.74) is 4.73. The molecule has 2 N–H and O–H groups in total. The number of imide groups is 1. The van der Waals surface area contributed by atoms with Crippen LogP contribution in [0, 0.1) is 5.82 Å². The zero-order valence-corrected chi connectivity index (χ0v) is 23.2. The number of aromatic amines is 1. The third-order valence-electron chi connectivity index (χ3n) is 8.24. The molecule has 9 heteroatoms. The van der Waals surface area contributed by atoms with Gasteiger partial charge >= 0.3 is 6.03 Å². The fourth-order valence-electron chi connectivity index (χ4n) is 6.17. The number of carbonyl (C=O) groups excluding carboxylic acids is 3. The Balaban J connectivity index is 1.27. The van der Waals surface area contributed by atoms with Crippen molar-refractivity contribution in [1.29, 1.82) is 0 Å². The topological polar surface area (TPSA) is 94.7 Å². The van der Waals surface area contributed by atoms with Crippen LogP contribution >= 0.6 is 0 Å². The number of hydrogen-bond acceptors (Lipinski definition) is 4. The summed E-state index contributed by atoms with van der Waals surface area (Å²) < 4.78 is 18.7. The number of rotatable bonds is 6. The first kappa shape index (κ1) is 26.5. The number of aromatic nitrogens is 1. The van der Waals surface area contributed by atoms with Gasteiger partial charge in [0.25, 0.3) is 11.8 Å². The van der Waals surface area contributed by atoms with Gasteiger partial charge in [-0.15, -0.1) is 0 Å². The van der Waals surface area contributed by atoms with Gasteiger partial charge in [0.15, 0.2) is 0 Å². The first-order chi connectivity index (χ1) is 20.9. The summed E-state index contributed by atoms with van der Waals surface area (Å²) in [6.45, 7) is 0.158. The predicted octanol–water partition coefficient (Wildman–Crippen LogP) is 5.73. The Kier molecular flexibility index (Phi) is 6.42. The largest absolute Gasteiger partial charge is 0.497 e. The molecule has 214 valence electrons. The van der Waals surface area contributed by atoms with E-state index < -0.39 is 29.9 Å². The molecular formula is C34H27FN4O4. The summed E-state index contributed by atoms with van der Waals surface area (Å²) in [4.78, 5) is 48.1. The van der Waals surface area contributed by atoms with E-state index in [0.29, 0.717) is 17.7 Å². The summed E-state index contributed by atoms with van der Waals surface area (Å²) in [6.07, 6.45) is 0.339. The fourth-order valence-corrected chi connectivity index (χ4v) is 6.17. The zero-order chi connectivity index (χ0) is 29.7. The number of methoxy groups -OCH3 is 1. The van der Waals surface area contributed by atoms with Crippen LogP contribution in [0.1, 0.15) is 38.8 Å². The number of nitrogens with zero attached hydrogens (tertiary/aromatic N) is 2. The van der Waals surface area contributed by atoms with Gasteiger partial charge in [-0.3, -0.25) is 14.5 Å². The first-order valence-electron chi connectivity index (χ1n) is 14.0. The lowest BCUT2D eigenvalue weighted by atomic mass is 9.89. The van der Waals surface area contributed by atoms with E-state index in [0.717, 1.165) is 32.6 Å². The van der Waals surface area contributed by atoms with E-state index in [9.17, 15) is 18.8 Å². The number of fused-ring (bicyclic) bond motifs is 4. The van der Waals surface area contributed by atoms with Crippen LogP contribution in [-0.2, 0) is 17.8 Å². The maximum absolute atomic E-state index is 14.3. The van der Waals surface area contributed by atoms with E-state index in [2.05, 4.69) is 10.3 Å². The zero-order valence-electron chi connectivity index (χ0n) is 23.2. The van der Waals surface area contributed by atoms with E-state index in [4.69, 9.17) is 4.74 Å². The second kappa shape index (κ2) is 10.4. The summed E-state index contributed by atoms with van der Waals surface area (Å²) in [5, 5.41) is 3.83. The molecule has 43 heavy (non-hydrogen) atoms. The number of amides is 4. The number of carbonyl (C=O) groups is 3. The molecule has 2 atom stereocenters. The Morgan fingerprint density at radius 3 is 2.44 bits per heavy atom. The second-order valence-electron chi connectivity index (χ2n) is 10.6. The molecule has 8 nitrogen and oxygen atoms in total. The fraction of sp³-hybridized carbons (Fsp3) is 0.147. The molecule has 4 amide bonds. The summed E-state index contributed by atoms with van der Waals surface area (Å²) in [5.74, 6) is -0.527. The molecule has 0 unspecified atom stereocenters. The van der Waals surface area contributed by atoms with Crippen molar-refractivity contribution in [2.24, 2.45) is 0 Å². The molecule has 4 aromatic carbocycles. The van der Waals surface area contributed by atoms with Crippen molar-refractivity contribution in [3.63, 3.8) is 0 Å². The number of benzene rings is 4. The van der Waals surface area contributed by atoms with E-state index in [1.807, 2.05) is 48.5 Å². The molecule has 1 aromatic heterocycles. The van der Waals surface area contributed by atoms with Gasteiger partial charge in [-0.1, -0.05) is 54.6 Å². The molecule has 3 heterocycles. The number of anilines is 1. The van der Waals surface area contributed by atoms with E-state index in [1.165, 1.54) is 12.1 Å². The van der Waals surface area contributed by atoms with Crippen molar-refractivity contribution in [1.82, 2.24) is 15.2 Å². The maximum atomic E-state index is 14.3. The Morgan fingerprint density at radius 2 is 1.67 bits per heavy atom. The highest BCUT2D eigenvalue weighted by atomic mass is 19.1. The minimum atomic E-state index is -0.762. The number of hydrogen-bond donors (Lipinski definition) is 2. The molecular weight excluding hydrogens is 547 g/mol. The van der Waals surface area contributed by atoms with Crippen molar-refractivity contribution in [3.8, 4) is 5.75 Å². The monoisotopic (exact) mass is 574 g/mol. The molecule has 2 aliphatic heterocycles. The van der Waals surface area contributed by atoms with Crippen molar-refractivity contribution in [2.45, 2.75) is 25.0 Å². The Hall–Kier alpha value is -5.44. The van der Waals surface area contributed by atoms with E-state index in [1.54, 1.807) is 48.4 Å². The van der Waals surface area contributed by atoms with Gasteiger partial charge in [0.05, 0.1) is 18.4 Å². The lowest BCUT2D eigenvalue weighted by Crippen LogP contribution is -2.44. The smallest absolute Gasteiger partial charge is 0.332 e. The van der Waals surface area contributed by atoms with Crippen molar-refractivity contribution in [3.05, 3.63) is 131 Å². The molecule has 7 rings (SSSR count). The van der Waals surface area contributed by atoms with Gasteiger partial charge in [0, 0.05) is 29.6 Å². The molecule has 2 aliphatic rings. The highest BCUT2D eigenvalue weighted by Gasteiger charge is 2.53. The SMILES string of the molecule is COc1ccc([C@@H]2c3[nH]c4ccccc4c3C[C@H]3C(=O)N(c4ccccc4C(=O)NCc4ccc(F)cc4)C(=O)N23)cc1. The average molecular weight is 575 g/mol. The normalized spacial score (nSPS) is 17.6. The van der Waals surface area contributed by atoms with E-state index in [-0.39, 0.29) is 23.6 Å². The number of nitrogens with one attached hydrogen (secondary N) is 2. The molecule has 0 bridgehead atoms. The molecule has 0 spiro atoms. The maximum Gasteiger partial charge on any atom is 0.332 e. The van der Waals surface area contributed by atoms with Crippen molar-refractivity contribution < 1.29 is 23.5 Å². The van der Waals surface area contributed by atoms with Crippen LogP contribution in [0.5, 0.6) is 5.75 Å². The van der Waals surface area contributed by atoms with Gasteiger partial charge in [-0.25, -0.2) is 14.1 Å². The minimum absolute atomic E-state index is 0.158. The lowest BCUT2D eigenvalue weighted by molar-refractivity contribution is -0.120. The molecule has 5 aromatic rings. The molecule has 1 fully saturated rings. The highest BCUT2D eigenvalue weighted by Crippen LogP contribution is 2.45. The second-order valence-corrected chi connectivity index (χ2v) is 10.6. The average Bonchev–Trinajstić information content (AvgIpc) is 3.53. The first-order valence-corrected chi connectivity index (χ1v) is 14.0. The van der Waals surface area contributed by atoms with Crippen LogP contribution in [-0.4, -0.2) is 40.9 Å². The number of ether oxygens (including phenoxy) is 1. The number of H-pyrrole nitrogens is 1.